The topological polar surface area (TPSA) is 125 Å². The van der Waals surface area contributed by atoms with Crippen molar-refractivity contribution in [2.75, 3.05) is 24.0 Å². The van der Waals surface area contributed by atoms with Gasteiger partial charge < -0.3 is 20.5 Å². The molecule has 0 fully saturated rings. The van der Waals surface area contributed by atoms with Crippen LogP contribution in [0.5, 0.6) is 5.75 Å². The number of nitrogens with one attached hydrogen (secondary N) is 2. The molecule has 3 N–H and O–H groups in total. The van der Waals surface area contributed by atoms with Gasteiger partial charge in [0, 0.05) is 22.2 Å². The van der Waals surface area contributed by atoms with Crippen LogP contribution in [-0.4, -0.2) is 51.1 Å². The summed E-state index contributed by atoms with van der Waals surface area (Å²) in [4.78, 5) is 26.1. The fraction of sp³-hybridized carbons (Fsp3) is 0.310. The number of sulfonamides is 1. The maximum absolute atomic E-state index is 13.5. The first-order chi connectivity index (χ1) is 20.7. The van der Waals surface area contributed by atoms with Crippen LogP contribution < -0.4 is 19.7 Å². The number of ether oxygens (including phenoxy) is 1. The third-order valence-electron chi connectivity index (χ3n) is 6.83. The van der Waals surface area contributed by atoms with Gasteiger partial charge in [-0.25, -0.2) is 8.42 Å². The Labute approximate surface area is 262 Å². The minimum absolute atomic E-state index is 0.0380. The van der Waals surface area contributed by atoms with Gasteiger partial charge in [-0.1, -0.05) is 36.2 Å². The molecule has 3 aromatic carbocycles. The maximum atomic E-state index is 13.5. The Balaban J connectivity index is 1.67. The van der Waals surface area contributed by atoms with E-state index in [4.69, 9.17) is 27.9 Å². The molecule has 44 heavy (non-hydrogen) atoms. The monoisotopic (exact) mass is 673 g/mol. The van der Waals surface area contributed by atoms with Crippen molar-refractivity contribution < 1.29 is 41.0 Å². The van der Waals surface area contributed by atoms with E-state index >= 15 is 0 Å². The van der Waals surface area contributed by atoms with Gasteiger partial charge >= 0.3 is 6.18 Å². The summed E-state index contributed by atoms with van der Waals surface area (Å²) >= 11 is 12.3. The van der Waals surface area contributed by atoms with Crippen molar-refractivity contribution in [1.29, 1.82) is 0 Å². The molecule has 15 heteroatoms. The minimum Gasteiger partial charge on any atom is -0.489 e. The van der Waals surface area contributed by atoms with Crippen LogP contribution in [0.2, 0.25) is 10.0 Å². The molecule has 0 bridgehead atoms. The lowest BCUT2D eigenvalue weighted by atomic mass is 9.99. The van der Waals surface area contributed by atoms with E-state index in [1.165, 1.54) is 42.5 Å². The highest BCUT2D eigenvalue weighted by atomic mass is 35.5. The second kappa shape index (κ2) is 13.6. The summed E-state index contributed by atoms with van der Waals surface area (Å²) in [6, 6.07) is 10.9. The van der Waals surface area contributed by atoms with Gasteiger partial charge in [-0.2, -0.15) is 13.2 Å². The molecule has 236 valence electrons. The number of nitrogens with zero attached hydrogens (tertiary/aromatic N) is 1. The predicted molar refractivity (Wildman–Crippen MR) is 159 cm³/mol. The Kier molecular flexibility index (Phi) is 10.3. The summed E-state index contributed by atoms with van der Waals surface area (Å²) in [6.07, 6.45) is -5.72. The number of halogens is 5. The maximum Gasteiger partial charge on any atom is 0.416 e. The molecule has 1 aliphatic heterocycles. The van der Waals surface area contributed by atoms with Crippen LogP contribution in [0.1, 0.15) is 47.3 Å². The summed E-state index contributed by atoms with van der Waals surface area (Å²) in [6.45, 7) is 1.57. The number of anilines is 1. The fourth-order valence-electron chi connectivity index (χ4n) is 4.44. The van der Waals surface area contributed by atoms with Gasteiger partial charge in [0.15, 0.2) is 0 Å². The summed E-state index contributed by atoms with van der Waals surface area (Å²) in [7, 11) is -4.12. The molecule has 2 amide bonds. The number of fused-ring (bicyclic) bond motifs is 1. The summed E-state index contributed by atoms with van der Waals surface area (Å²) in [5, 5.41) is 14.9. The molecule has 2 atom stereocenters. The van der Waals surface area contributed by atoms with Crippen LogP contribution in [0.4, 0.5) is 18.9 Å². The third kappa shape index (κ3) is 7.76. The van der Waals surface area contributed by atoms with E-state index in [2.05, 4.69) is 10.6 Å². The highest BCUT2D eigenvalue weighted by Gasteiger charge is 2.34. The quantitative estimate of drug-likeness (QED) is 0.267. The van der Waals surface area contributed by atoms with Crippen molar-refractivity contribution in [2.45, 2.75) is 43.0 Å². The van der Waals surface area contributed by atoms with Gasteiger partial charge in [0.25, 0.3) is 15.9 Å². The van der Waals surface area contributed by atoms with E-state index in [0.29, 0.717) is 6.42 Å². The van der Waals surface area contributed by atoms with Crippen LogP contribution in [0.25, 0.3) is 0 Å². The van der Waals surface area contributed by atoms with Crippen molar-refractivity contribution in [3.63, 3.8) is 0 Å². The first-order valence-corrected chi connectivity index (χ1v) is 15.6. The minimum atomic E-state index is -4.72. The molecular weight excluding hydrogens is 646 g/mol. The Morgan fingerprint density at radius 3 is 2.52 bits per heavy atom. The lowest BCUT2D eigenvalue weighted by Gasteiger charge is -2.31. The first kappa shape index (κ1) is 33.4. The zero-order valence-electron chi connectivity index (χ0n) is 23.2. The van der Waals surface area contributed by atoms with Gasteiger partial charge in [0.1, 0.15) is 12.4 Å². The number of carbonyl (C=O) groups excluding carboxylic acids is 2. The number of benzene rings is 3. The standard InChI is InChI=1S/C29H28Cl2F3N3O6S/c1-2-20(38)16-35-27(39)15-24(22-13-18(29(32,33)34)7-8-23(22)31)36-28(40)17-6-9-26-25(12-17)37(10-11-43-26)44(41,42)21-5-3-4-19(30)14-21/h3-9,12-14,20,24,38H,2,10-11,15-16H2,1H3,(H,35,39)(H,36,40)/t20?,24-/m0/s1. The molecule has 0 aromatic heterocycles. The van der Waals surface area contributed by atoms with Gasteiger partial charge in [-0.3, -0.25) is 13.9 Å². The first-order valence-electron chi connectivity index (χ1n) is 13.4. The van der Waals surface area contributed by atoms with Crippen LogP contribution in [0.3, 0.4) is 0 Å². The van der Waals surface area contributed by atoms with Crippen LogP contribution in [0, 0.1) is 0 Å². The Bertz CT molecular complexity index is 1660. The van der Waals surface area contributed by atoms with Crippen molar-refractivity contribution in [1.82, 2.24) is 10.6 Å². The smallest absolute Gasteiger partial charge is 0.416 e. The highest BCUT2D eigenvalue weighted by molar-refractivity contribution is 7.92. The second-order valence-corrected chi connectivity index (χ2v) is 12.6. The molecule has 4 rings (SSSR count). The zero-order chi connectivity index (χ0) is 32.2. The molecule has 0 aliphatic carbocycles. The fourth-order valence-corrected chi connectivity index (χ4v) is 6.44. The van der Waals surface area contributed by atoms with Gasteiger partial charge in [0.05, 0.1) is 41.3 Å². The summed E-state index contributed by atoms with van der Waals surface area (Å²) in [5.74, 6) is -1.29. The summed E-state index contributed by atoms with van der Waals surface area (Å²) < 4.78 is 74.2. The van der Waals surface area contributed by atoms with Crippen molar-refractivity contribution in [3.05, 3.63) is 87.4 Å². The summed E-state index contributed by atoms with van der Waals surface area (Å²) in [5.41, 5.74) is -1.20. The van der Waals surface area contributed by atoms with Crippen molar-refractivity contribution >= 4 is 50.7 Å². The van der Waals surface area contributed by atoms with E-state index in [-0.39, 0.29) is 57.2 Å². The van der Waals surface area contributed by atoms with Gasteiger partial charge in [-0.05, 0) is 66.6 Å². The number of aliphatic hydroxyl groups excluding tert-OH is 1. The number of aliphatic hydroxyl groups is 1. The van der Waals surface area contributed by atoms with Gasteiger partial charge in [-0.15, -0.1) is 0 Å². The molecule has 0 spiro atoms. The molecule has 1 unspecified atom stereocenters. The predicted octanol–water partition coefficient (Wildman–Crippen LogP) is 5.35. The Morgan fingerprint density at radius 1 is 1.09 bits per heavy atom. The number of alkyl halides is 3. The number of hydrogen-bond acceptors (Lipinski definition) is 6. The van der Waals surface area contributed by atoms with Crippen molar-refractivity contribution in [3.8, 4) is 5.75 Å². The average Bonchev–Trinajstić information content (AvgIpc) is 2.98. The number of rotatable bonds is 10. The van der Waals surface area contributed by atoms with E-state index in [1.807, 2.05) is 0 Å². The lowest BCUT2D eigenvalue weighted by Crippen LogP contribution is -2.38. The van der Waals surface area contributed by atoms with Crippen LogP contribution in [0.15, 0.2) is 65.6 Å². The van der Waals surface area contributed by atoms with E-state index in [1.54, 1.807) is 6.92 Å². The molecule has 9 nitrogen and oxygen atoms in total. The van der Waals surface area contributed by atoms with Gasteiger partial charge in [0.2, 0.25) is 5.91 Å². The normalized spacial score (nSPS) is 14.7. The average molecular weight is 675 g/mol. The molecular formula is C29H28Cl2F3N3O6S. The molecule has 1 heterocycles. The molecule has 0 saturated heterocycles. The van der Waals surface area contributed by atoms with Crippen molar-refractivity contribution in [2.24, 2.45) is 0 Å². The Morgan fingerprint density at radius 2 is 1.84 bits per heavy atom. The zero-order valence-corrected chi connectivity index (χ0v) is 25.5. The molecule has 0 saturated carbocycles. The SMILES string of the molecule is CCC(O)CNC(=O)C[C@H](NC(=O)c1ccc2c(c1)N(S(=O)(=O)c1cccc(Cl)c1)CCO2)c1cc(C(F)(F)F)ccc1Cl. The Hall–Kier alpha value is -3.52. The largest absolute Gasteiger partial charge is 0.489 e. The number of hydrogen-bond donors (Lipinski definition) is 3. The highest BCUT2D eigenvalue weighted by Crippen LogP contribution is 2.38. The number of carbonyl (C=O) groups is 2. The molecule has 1 aliphatic rings. The van der Waals surface area contributed by atoms with E-state index in [0.717, 1.165) is 22.5 Å². The molecule has 3 aromatic rings. The van der Waals surface area contributed by atoms with Crippen LogP contribution in [-0.2, 0) is 21.0 Å². The number of amides is 2. The van der Waals surface area contributed by atoms with E-state index < -0.39 is 52.1 Å². The third-order valence-corrected chi connectivity index (χ3v) is 9.21. The molecule has 0 radical (unpaired) electrons. The van der Waals surface area contributed by atoms with E-state index in [9.17, 15) is 36.3 Å². The lowest BCUT2D eigenvalue weighted by molar-refractivity contribution is -0.137. The second-order valence-electron chi connectivity index (χ2n) is 9.90. The van der Waals surface area contributed by atoms with Crippen LogP contribution >= 0.6 is 23.2 Å².